The molecule has 0 spiro atoms. The molecule has 56 valence electrons. The number of allylic oxidation sites excluding steroid dienone is 1. The monoisotopic (exact) mass is 154 g/mol. The van der Waals surface area contributed by atoms with Gasteiger partial charge in [0.1, 0.15) is 10.5 Å². The van der Waals surface area contributed by atoms with Crippen LogP contribution in [0.15, 0.2) is 11.1 Å². The van der Waals surface area contributed by atoms with Gasteiger partial charge in [-0.25, -0.2) is 0 Å². The summed E-state index contributed by atoms with van der Waals surface area (Å²) in [5.74, 6) is 1.02. The molecule has 1 unspecified atom stereocenters. The third-order valence-corrected chi connectivity index (χ3v) is 3.03. The van der Waals surface area contributed by atoms with Crippen molar-refractivity contribution >= 4 is 10.5 Å². The van der Waals surface area contributed by atoms with E-state index in [0.717, 1.165) is 23.0 Å². The predicted octanol–water partition coefficient (Wildman–Crippen LogP) is 0.784. The molecule has 2 heteroatoms. The van der Waals surface area contributed by atoms with Crippen molar-refractivity contribution in [2.24, 2.45) is 5.92 Å². The lowest BCUT2D eigenvalue weighted by Gasteiger charge is -2.10. The minimum atomic E-state index is 0.898. The minimum Gasteiger partial charge on any atom is -0.424 e. The van der Waals surface area contributed by atoms with Crippen LogP contribution in [0.3, 0.4) is 0 Å². The zero-order valence-electron chi connectivity index (χ0n) is 6.52. The number of hydrogen-bond donors (Lipinski definition) is 0. The first-order valence-corrected chi connectivity index (χ1v) is 4.90. The fourth-order valence-corrected chi connectivity index (χ4v) is 2.60. The van der Waals surface area contributed by atoms with Crippen molar-refractivity contribution in [3.63, 3.8) is 0 Å². The third-order valence-electron chi connectivity index (χ3n) is 2.74. The fraction of sp³-hybridized carbons (Fsp3) is 0.750. The molecule has 0 aromatic carbocycles. The summed E-state index contributed by atoms with van der Waals surface area (Å²) in [6, 6.07) is 0. The summed E-state index contributed by atoms with van der Waals surface area (Å²) in [5.41, 5.74) is 3.38. The molecule has 2 rings (SSSR count). The van der Waals surface area contributed by atoms with Crippen LogP contribution in [0.5, 0.6) is 0 Å². The van der Waals surface area contributed by atoms with E-state index in [1.807, 2.05) is 0 Å². The van der Waals surface area contributed by atoms with Crippen molar-refractivity contribution < 1.29 is 4.43 Å². The van der Waals surface area contributed by atoms with Crippen molar-refractivity contribution in [1.29, 1.82) is 0 Å². The molecule has 1 saturated carbocycles. The molecule has 2 aliphatic carbocycles. The topological polar surface area (TPSA) is 9.23 Å². The maximum Gasteiger partial charge on any atom is 0.146 e. The predicted molar refractivity (Wildman–Crippen MR) is 44.9 cm³/mol. The Hall–Kier alpha value is -0.0831. The molecule has 10 heavy (non-hydrogen) atoms. The Balaban J connectivity index is 2.08. The maximum atomic E-state index is 5.26. The van der Waals surface area contributed by atoms with Gasteiger partial charge in [-0.2, -0.15) is 0 Å². The molecular weight excluding hydrogens is 140 g/mol. The Labute approximate surface area is 65.0 Å². The Bertz CT molecular complexity index is 174. The zero-order chi connectivity index (χ0) is 6.97. The molecule has 0 radical (unpaired) electrons. The summed E-state index contributed by atoms with van der Waals surface area (Å²) >= 11 is 0. The summed E-state index contributed by atoms with van der Waals surface area (Å²) in [6.07, 6.45) is 5.60. The second-order valence-corrected chi connectivity index (χ2v) is 4.03. The molecule has 0 N–H and O–H groups in total. The largest absolute Gasteiger partial charge is 0.424 e. The molecule has 0 aromatic heterocycles. The number of rotatable bonds is 2. The van der Waals surface area contributed by atoms with Crippen molar-refractivity contribution in [3.8, 4) is 0 Å². The van der Waals surface area contributed by atoms with Crippen LogP contribution in [-0.4, -0.2) is 17.1 Å². The van der Waals surface area contributed by atoms with Crippen LogP contribution in [-0.2, 0) is 4.43 Å². The summed E-state index contributed by atoms with van der Waals surface area (Å²) in [7, 11) is 0.898. The molecule has 0 amide bonds. The summed E-state index contributed by atoms with van der Waals surface area (Å²) in [4.78, 5) is 0. The molecule has 0 saturated heterocycles. The van der Waals surface area contributed by atoms with Gasteiger partial charge in [0, 0.05) is 0 Å². The minimum absolute atomic E-state index is 0.898. The van der Waals surface area contributed by atoms with Crippen molar-refractivity contribution in [2.75, 3.05) is 6.61 Å². The summed E-state index contributed by atoms with van der Waals surface area (Å²) in [5, 5.41) is 0. The van der Waals surface area contributed by atoms with E-state index in [-0.39, 0.29) is 0 Å². The van der Waals surface area contributed by atoms with Crippen LogP contribution in [0, 0.1) is 5.92 Å². The van der Waals surface area contributed by atoms with Crippen molar-refractivity contribution in [2.45, 2.75) is 25.7 Å². The lowest BCUT2D eigenvalue weighted by Crippen LogP contribution is -2.00. The van der Waals surface area contributed by atoms with Gasteiger partial charge in [-0.15, -0.1) is 0 Å². The quantitative estimate of drug-likeness (QED) is 0.422. The highest BCUT2D eigenvalue weighted by Gasteiger charge is 2.29. The Morgan fingerprint density at radius 1 is 1.50 bits per heavy atom. The van der Waals surface area contributed by atoms with Gasteiger partial charge in [0.05, 0.1) is 6.61 Å². The van der Waals surface area contributed by atoms with Gasteiger partial charge < -0.3 is 4.43 Å². The zero-order valence-corrected chi connectivity index (χ0v) is 8.52. The van der Waals surface area contributed by atoms with Crippen LogP contribution in [0.1, 0.15) is 25.7 Å². The van der Waals surface area contributed by atoms with Gasteiger partial charge in [-0.05, 0) is 37.2 Å². The van der Waals surface area contributed by atoms with Crippen molar-refractivity contribution in [3.05, 3.63) is 11.1 Å². The molecule has 0 aromatic rings. The van der Waals surface area contributed by atoms with Gasteiger partial charge in [-0.3, -0.25) is 0 Å². The van der Waals surface area contributed by atoms with E-state index in [4.69, 9.17) is 4.43 Å². The Morgan fingerprint density at radius 2 is 2.40 bits per heavy atom. The van der Waals surface area contributed by atoms with E-state index in [2.05, 4.69) is 0 Å². The van der Waals surface area contributed by atoms with Gasteiger partial charge in [-0.1, -0.05) is 5.57 Å². The highest BCUT2D eigenvalue weighted by atomic mass is 28.2. The SMILES string of the molecule is [SiH3]OCC1=C2CCC(C2)C1. The van der Waals surface area contributed by atoms with Crippen LogP contribution in [0.2, 0.25) is 0 Å². The molecule has 1 nitrogen and oxygen atoms in total. The van der Waals surface area contributed by atoms with Gasteiger partial charge in [0.25, 0.3) is 0 Å². The molecular formula is C8H14OSi. The first kappa shape index (κ1) is 6.62. The smallest absolute Gasteiger partial charge is 0.146 e. The van der Waals surface area contributed by atoms with E-state index in [1.54, 1.807) is 11.1 Å². The normalized spacial score (nSPS) is 30.6. The van der Waals surface area contributed by atoms with Gasteiger partial charge in [0.15, 0.2) is 0 Å². The summed E-state index contributed by atoms with van der Waals surface area (Å²) in [6.45, 7) is 0.956. The maximum absolute atomic E-state index is 5.26. The van der Waals surface area contributed by atoms with E-state index < -0.39 is 0 Å². The lowest BCUT2D eigenvalue weighted by atomic mass is 10.00. The van der Waals surface area contributed by atoms with Crippen LogP contribution in [0.25, 0.3) is 0 Å². The fourth-order valence-electron chi connectivity index (χ4n) is 2.25. The van der Waals surface area contributed by atoms with Crippen molar-refractivity contribution in [1.82, 2.24) is 0 Å². The van der Waals surface area contributed by atoms with E-state index in [9.17, 15) is 0 Å². The highest BCUT2D eigenvalue weighted by Crippen LogP contribution is 2.43. The number of fused-ring (bicyclic) bond motifs is 2. The van der Waals surface area contributed by atoms with E-state index in [1.165, 1.54) is 25.7 Å². The third kappa shape index (κ3) is 0.955. The second-order valence-electron chi connectivity index (χ2n) is 3.45. The van der Waals surface area contributed by atoms with Crippen LogP contribution in [0.4, 0.5) is 0 Å². The average Bonchev–Trinajstić information content (AvgIpc) is 2.48. The van der Waals surface area contributed by atoms with Gasteiger partial charge >= 0.3 is 0 Å². The Morgan fingerprint density at radius 3 is 2.90 bits per heavy atom. The molecule has 0 aliphatic heterocycles. The van der Waals surface area contributed by atoms with E-state index in [0.29, 0.717) is 0 Å². The van der Waals surface area contributed by atoms with E-state index >= 15 is 0 Å². The van der Waals surface area contributed by atoms with Crippen LogP contribution >= 0.6 is 0 Å². The molecule has 2 bridgehead atoms. The second kappa shape index (κ2) is 2.51. The Kier molecular flexibility index (Phi) is 1.66. The average molecular weight is 154 g/mol. The first-order valence-electron chi connectivity index (χ1n) is 4.09. The molecule has 1 fully saturated rings. The first-order chi connectivity index (χ1) is 4.90. The van der Waals surface area contributed by atoms with Crippen LogP contribution < -0.4 is 0 Å². The molecule has 2 aliphatic rings. The lowest BCUT2D eigenvalue weighted by molar-refractivity contribution is 0.374. The van der Waals surface area contributed by atoms with Gasteiger partial charge in [0.2, 0.25) is 0 Å². The number of hydrogen-bond acceptors (Lipinski definition) is 1. The molecule has 1 atom stereocenters. The standard InChI is InChI=1S/C8H14OSi/c10-9-5-8-4-6-1-2-7(8)3-6/h6H,1-5H2,10H3. The molecule has 0 heterocycles. The highest BCUT2D eigenvalue weighted by molar-refractivity contribution is 5.98. The summed E-state index contributed by atoms with van der Waals surface area (Å²) < 4.78 is 5.26.